The van der Waals surface area contributed by atoms with Gasteiger partial charge in [0, 0.05) is 12.1 Å². The lowest BCUT2D eigenvalue weighted by Gasteiger charge is -2.33. The second kappa shape index (κ2) is 13.5. The molecule has 1 unspecified atom stereocenters. The zero-order valence-electron chi connectivity index (χ0n) is 24.8. The first-order valence-corrected chi connectivity index (χ1v) is 14.1. The SMILES string of the molecule is CCCOc1ccc(C2(C)NC(=O)N(CCCCOc3ccc(C(O)(C(F)(F)F)C(F)(F)F)cc3CCC)C2=O)cc1OC. The molecule has 0 spiro atoms. The predicted molar refractivity (Wildman–Crippen MR) is 148 cm³/mol. The summed E-state index contributed by atoms with van der Waals surface area (Å²) >= 11 is 0. The molecule has 0 aromatic heterocycles. The van der Waals surface area contributed by atoms with E-state index < -0.39 is 41.0 Å². The van der Waals surface area contributed by atoms with Gasteiger partial charge in [-0.05, 0) is 68.0 Å². The second-order valence-corrected chi connectivity index (χ2v) is 10.6. The number of alkyl halides is 6. The molecular weight excluding hydrogens is 598 g/mol. The quantitative estimate of drug-likeness (QED) is 0.142. The summed E-state index contributed by atoms with van der Waals surface area (Å²) in [7, 11) is 1.47. The number of aliphatic hydroxyl groups is 1. The summed E-state index contributed by atoms with van der Waals surface area (Å²) in [6, 6.07) is 6.55. The van der Waals surface area contributed by atoms with Crippen molar-refractivity contribution < 1.29 is 55.2 Å². The second-order valence-electron chi connectivity index (χ2n) is 10.6. The van der Waals surface area contributed by atoms with Crippen molar-refractivity contribution in [3.8, 4) is 17.2 Å². The molecule has 0 aliphatic carbocycles. The third-order valence-electron chi connectivity index (χ3n) is 7.33. The summed E-state index contributed by atoms with van der Waals surface area (Å²) in [5.74, 6) is 0.510. The van der Waals surface area contributed by atoms with Gasteiger partial charge in [0.05, 0.1) is 20.3 Å². The van der Waals surface area contributed by atoms with Crippen LogP contribution in [0, 0.1) is 0 Å². The van der Waals surface area contributed by atoms with Crippen LogP contribution in [-0.2, 0) is 22.4 Å². The smallest absolute Gasteiger partial charge is 0.430 e. The lowest BCUT2D eigenvalue weighted by Crippen LogP contribution is -2.53. The van der Waals surface area contributed by atoms with Crippen LogP contribution in [0.3, 0.4) is 0 Å². The number of urea groups is 1. The molecule has 3 rings (SSSR count). The summed E-state index contributed by atoms with van der Waals surface area (Å²) in [5.41, 5.74) is -7.17. The number of carbonyl (C=O) groups excluding carboxylic acids is 2. The Labute approximate surface area is 251 Å². The molecule has 0 saturated carbocycles. The fourth-order valence-electron chi connectivity index (χ4n) is 4.86. The van der Waals surface area contributed by atoms with Crippen LogP contribution < -0.4 is 19.5 Å². The minimum atomic E-state index is -5.99. The Bertz CT molecular complexity index is 1320. The van der Waals surface area contributed by atoms with Gasteiger partial charge >= 0.3 is 18.4 Å². The number of ether oxygens (including phenoxy) is 3. The molecule has 3 amide bonds. The number of halogens is 6. The number of aryl methyl sites for hydroxylation is 1. The highest BCUT2D eigenvalue weighted by Gasteiger charge is 2.71. The maximum Gasteiger partial charge on any atom is 0.430 e. The molecule has 0 radical (unpaired) electrons. The summed E-state index contributed by atoms with van der Waals surface area (Å²) < 4.78 is 96.7. The van der Waals surface area contributed by atoms with E-state index in [0.717, 1.165) is 17.4 Å². The van der Waals surface area contributed by atoms with Crippen LogP contribution in [-0.4, -0.2) is 61.2 Å². The van der Waals surface area contributed by atoms with Crippen molar-refractivity contribution in [1.29, 1.82) is 0 Å². The Hall–Kier alpha value is -3.68. The summed E-state index contributed by atoms with van der Waals surface area (Å²) in [6.07, 6.45) is -10.1. The number of hydrogen-bond acceptors (Lipinski definition) is 6. The molecule has 1 saturated heterocycles. The van der Waals surface area contributed by atoms with Gasteiger partial charge in [-0.15, -0.1) is 0 Å². The first-order valence-electron chi connectivity index (χ1n) is 14.1. The van der Waals surface area contributed by atoms with Crippen LogP contribution in [0.15, 0.2) is 36.4 Å². The van der Waals surface area contributed by atoms with Gasteiger partial charge in [-0.3, -0.25) is 9.69 Å². The molecule has 44 heavy (non-hydrogen) atoms. The zero-order chi connectivity index (χ0) is 32.9. The van der Waals surface area contributed by atoms with Crippen LogP contribution in [0.5, 0.6) is 17.2 Å². The Morgan fingerprint density at radius 1 is 0.864 bits per heavy atom. The third kappa shape index (κ3) is 6.84. The maximum absolute atomic E-state index is 13.3. The summed E-state index contributed by atoms with van der Waals surface area (Å²) in [6.45, 7) is 5.76. The molecule has 2 N–H and O–H groups in total. The first-order chi connectivity index (χ1) is 20.5. The Morgan fingerprint density at radius 2 is 1.50 bits per heavy atom. The van der Waals surface area contributed by atoms with Crippen molar-refractivity contribution in [1.82, 2.24) is 10.2 Å². The van der Waals surface area contributed by atoms with Gasteiger partial charge in [-0.25, -0.2) is 4.79 Å². The van der Waals surface area contributed by atoms with E-state index in [1.54, 1.807) is 32.0 Å². The fraction of sp³-hybridized carbons (Fsp3) is 0.533. The average Bonchev–Trinajstić information content (AvgIpc) is 3.18. The minimum absolute atomic E-state index is 0.0101. The highest BCUT2D eigenvalue weighted by Crippen LogP contribution is 2.50. The molecule has 244 valence electrons. The van der Waals surface area contributed by atoms with E-state index in [9.17, 15) is 41.0 Å². The van der Waals surface area contributed by atoms with Crippen LogP contribution in [0.4, 0.5) is 31.1 Å². The number of rotatable bonds is 14. The van der Waals surface area contributed by atoms with E-state index in [1.165, 1.54) is 7.11 Å². The van der Waals surface area contributed by atoms with Crippen LogP contribution in [0.1, 0.15) is 63.1 Å². The van der Waals surface area contributed by atoms with Crippen molar-refractivity contribution >= 4 is 11.9 Å². The van der Waals surface area contributed by atoms with E-state index in [1.807, 2.05) is 6.92 Å². The molecule has 1 aliphatic rings. The number of amides is 3. The minimum Gasteiger partial charge on any atom is -0.493 e. The lowest BCUT2D eigenvalue weighted by molar-refractivity contribution is -0.376. The third-order valence-corrected chi connectivity index (χ3v) is 7.33. The van der Waals surface area contributed by atoms with Crippen LogP contribution >= 0.6 is 0 Å². The Kier molecular flexibility index (Phi) is 10.7. The number of nitrogens with zero attached hydrogens (tertiary/aromatic N) is 1. The average molecular weight is 635 g/mol. The maximum atomic E-state index is 13.3. The monoisotopic (exact) mass is 634 g/mol. The van der Waals surface area contributed by atoms with Gasteiger partial charge in [0.2, 0.25) is 0 Å². The highest BCUT2D eigenvalue weighted by molar-refractivity contribution is 6.07. The van der Waals surface area contributed by atoms with Gasteiger partial charge in [-0.2, -0.15) is 26.3 Å². The van der Waals surface area contributed by atoms with E-state index >= 15 is 0 Å². The number of carbonyl (C=O) groups is 2. The van der Waals surface area contributed by atoms with Crippen molar-refractivity contribution in [3.05, 3.63) is 53.1 Å². The molecule has 8 nitrogen and oxygen atoms in total. The molecule has 2 aromatic carbocycles. The number of unbranched alkanes of at least 4 members (excludes halogenated alkanes) is 1. The van der Waals surface area contributed by atoms with Crippen molar-refractivity contribution in [2.24, 2.45) is 0 Å². The topological polar surface area (TPSA) is 97.3 Å². The number of nitrogens with one attached hydrogen (secondary N) is 1. The summed E-state index contributed by atoms with van der Waals surface area (Å²) in [4.78, 5) is 27.1. The number of imide groups is 1. The molecular formula is C30H36F6N2O6. The first kappa shape index (κ1) is 34.8. The van der Waals surface area contributed by atoms with Crippen LogP contribution in [0.25, 0.3) is 0 Å². The predicted octanol–water partition coefficient (Wildman–Crippen LogP) is 6.37. The number of methoxy groups -OCH3 is 1. The van der Waals surface area contributed by atoms with E-state index in [-0.39, 0.29) is 30.9 Å². The fourth-order valence-corrected chi connectivity index (χ4v) is 4.86. The van der Waals surface area contributed by atoms with E-state index in [2.05, 4.69) is 5.32 Å². The largest absolute Gasteiger partial charge is 0.493 e. The van der Waals surface area contributed by atoms with Gasteiger partial charge < -0.3 is 24.6 Å². The highest BCUT2D eigenvalue weighted by atomic mass is 19.4. The molecule has 1 aliphatic heterocycles. The van der Waals surface area contributed by atoms with Crippen molar-refractivity contribution in [3.63, 3.8) is 0 Å². The van der Waals surface area contributed by atoms with Gasteiger partial charge in [0.1, 0.15) is 11.3 Å². The van der Waals surface area contributed by atoms with Gasteiger partial charge in [-0.1, -0.05) is 32.4 Å². The molecule has 1 fully saturated rings. The number of hydrogen-bond donors (Lipinski definition) is 2. The van der Waals surface area contributed by atoms with E-state index in [4.69, 9.17) is 14.2 Å². The Balaban J connectivity index is 1.65. The van der Waals surface area contributed by atoms with Crippen molar-refractivity contribution in [2.45, 2.75) is 76.4 Å². The van der Waals surface area contributed by atoms with Crippen molar-refractivity contribution in [2.75, 3.05) is 26.9 Å². The van der Waals surface area contributed by atoms with Crippen LogP contribution in [0.2, 0.25) is 0 Å². The summed E-state index contributed by atoms with van der Waals surface area (Å²) in [5, 5.41) is 12.5. The van der Waals surface area contributed by atoms with Gasteiger partial charge in [0.25, 0.3) is 11.5 Å². The molecule has 14 heteroatoms. The molecule has 1 atom stereocenters. The normalized spacial score (nSPS) is 17.6. The Morgan fingerprint density at radius 3 is 2.09 bits per heavy atom. The molecule has 2 aromatic rings. The van der Waals surface area contributed by atoms with E-state index in [0.29, 0.717) is 55.1 Å². The lowest BCUT2D eigenvalue weighted by atomic mass is 9.90. The standard InChI is InChI=1S/C30H36F6N2O6/c1-5-9-19-17-21(28(41,29(31,32)33)30(34,35)36)11-12-22(19)44-16-8-7-14-38-25(39)27(3,37-26(38)40)20-10-13-23(43-15-6-2)24(18-20)42-4/h10-13,17-18,41H,5-9,14-16H2,1-4H3,(H,37,40). The van der Waals surface area contributed by atoms with Gasteiger partial charge in [0.15, 0.2) is 11.5 Å². The molecule has 0 bridgehead atoms. The molecule has 1 heterocycles. The number of benzene rings is 2. The zero-order valence-corrected chi connectivity index (χ0v) is 24.8.